The van der Waals surface area contributed by atoms with Gasteiger partial charge in [0.25, 0.3) is 0 Å². The first-order chi connectivity index (χ1) is 7.00. The lowest BCUT2D eigenvalue weighted by Gasteiger charge is -1.92. The Kier molecular flexibility index (Phi) is 6.74. The van der Waals surface area contributed by atoms with E-state index < -0.39 is 0 Å². The number of hydrogen-bond acceptors (Lipinski definition) is 0. The van der Waals surface area contributed by atoms with E-state index in [0.717, 1.165) is 6.42 Å². The fraction of sp³-hybridized carbons (Fsp3) is 0.357. The van der Waals surface area contributed by atoms with Crippen molar-refractivity contribution in [1.82, 2.24) is 0 Å². The fourth-order valence-corrected chi connectivity index (χ4v) is 1.32. The van der Waals surface area contributed by atoms with Crippen LogP contribution in [0.4, 0.5) is 0 Å². The first-order valence-electron chi connectivity index (χ1n) is 5.47. The van der Waals surface area contributed by atoms with Crippen LogP contribution in [-0.4, -0.2) is 0 Å². The summed E-state index contributed by atoms with van der Waals surface area (Å²) >= 11 is 0. The minimum absolute atomic E-state index is 1.15. The Labute approximate surface area is 87.7 Å². The molecule has 0 unspecified atom stereocenters. The highest BCUT2D eigenvalue weighted by Gasteiger charge is 1.83. The van der Waals surface area contributed by atoms with Crippen molar-refractivity contribution in [1.29, 1.82) is 0 Å². The minimum atomic E-state index is 1.15. The van der Waals surface area contributed by atoms with E-state index in [1.165, 1.54) is 25.7 Å². The molecule has 0 saturated carbocycles. The van der Waals surface area contributed by atoms with E-state index in [1.54, 1.807) is 0 Å². The van der Waals surface area contributed by atoms with Gasteiger partial charge in [-0.1, -0.05) is 48.6 Å². The first kappa shape index (κ1) is 11.0. The van der Waals surface area contributed by atoms with E-state index in [9.17, 15) is 0 Å². The Hall–Kier alpha value is -1.04. The lowest BCUT2D eigenvalue weighted by Crippen LogP contribution is -1.73. The third-order valence-electron chi connectivity index (χ3n) is 2.12. The second-order valence-electron chi connectivity index (χ2n) is 3.41. The van der Waals surface area contributed by atoms with Gasteiger partial charge in [0.1, 0.15) is 0 Å². The molecule has 0 N–H and O–H groups in total. The van der Waals surface area contributed by atoms with Crippen LogP contribution in [0.25, 0.3) is 0 Å². The first-order valence-corrected chi connectivity index (χ1v) is 5.47. The molecule has 0 fully saturated rings. The Balaban J connectivity index is 2.35. The Morgan fingerprint density at radius 1 is 0.500 bits per heavy atom. The fourth-order valence-electron chi connectivity index (χ4n) is 1.32. The molecule has 14 heavy (non-hydrogen) atoms. The SMILES string of the molecule is [CH]1/C=C/C=C\C=C\CCC/C=C\CC1. The molecule has 0 aromatic rings. The van der Waals surface area contributed by atoms with Gasteiger partial charge in [0, 0.05) is 0 Å². The van der Waals surface area contributed by atoms with E-state index >= 15 is 0 Å². The second-order valence-corrected chi connectivity index (χ2v) is 3.41. The Bertz CT molecular complexity index is 204. The zero-order valence-electron chi connectivity index (χ0n) is 8.73. The molecule has 0 aromatic heterocycles. The highest BCUT2D eigenvalue weighted by Crippen LogP contribution is 2.02. The van der Waals surface area contributed by atoms with Crippen molar-refractivity contribution in [3.8, 4) is 0 Å². The maximum Gasteiger partial charge on any atom is -0.0164 e. The van der Waals surface area contributed by atoms with Gasteiger partial charge in [-0.3, -0.25) is 0 Å². The van der Waals surface area contributed by atoms with Gasteiger partial charge < -0.3 is 0 Å². The molecule has 0 aromatic carbocycles. The highest BCUT2D eigenvalue weighted by molar-refractivity contribution is 5.13. The minimum Gasteiger partial charge on any atom is -0.0885 e. The number of allylic oxidation sites excluding steroid dienone is 8. The quantitative estimate of drug-likeness (QED) is 0.494. The molecule has 1 aliphatic rings. The lowest BCUT2D eigenvalue weighted by molar-refractivity contribution is 0.861. The summed E-state index contributed by atoms with van der Waals surface area (Å²) in [7, 11) is 0. The van der Waals surface area contributed by atoms with E-state index in [-0.39, 0.29) is 0 Å². The highest BCUT2D eigenvalue weighted by atomic mass is 13.9. The smallest absolute Gasteiger partial charge is 0.0164 e. The van der Waals surface area contributed by atoms with Crippen molar-refractivity contribution in [3.05, 3.63) is 55.0 Å². The van der Waals surface area contributed by atoms with Crippen LogP contribution in [0.1, 0.15) is 32.1 Å². The molecule has 0 spiro atoms. The molecule has 75 valence electrons. The van der Waals surface area contributed by atoms with Gasteiger partial charge in [-0.25, -0.2) is 0 Å². The molecule has 0 amide bonds. The maximum atomic E-state index is 2.30. The third kappa shape index (κ3) is 6.47. The third-order valence-corrected chi connectivity index (χ3v) is 2.12. The largest absolute Gasteiger partial charge is 0.0885 e. The van der Waals surface area contributed by atoms with Crippen molar-refractivity contribution in [2.24, 2.45) is 0 Å². The summed E-state index contributed by atoms with van der Waals surface area (Å²) in [6.07, 6.45) is 25.5. The lowest BCUT2D eigenvalue weighted by atomic mass is 10.1. The molecule has 0 atom stereocenters. The average Bonchev–Trinajstić information content (AvgIpc) is 2.22. The molecule has 1 radical (unpaired) electrons. The summed E-state index contributed by atoms with van der Waals surface area (Å²) in [4.78, 5) is 0. The van der Waals surface area contributed by atoms with Gasteiger partial charge in [0.2, 0.25) is 0 Å². The monoisotopic (exact) mass is 187 g/mol. The summed E-state index contributed by atoms with van der Waals surface area (Å²) in [5.41, 5.74) is 0. The molecule has 0 saturated heterocycles. The van der Waals surface area contributed by atoms with E-state index in [2.05, 4.69) is 55.0 Å². The van der Waals surface area contributed by atoms with Gasteiger partial charge >= 0.3 is 0 Å². The summed E-state index contributed by atoms with van der Waals surface area (Å²) in [5, 5.41) is 0. The van der Waals surface area contributed by atoms with Crippen LogP contribution in [-0.2, 0) is 0 Å². The second kappa shape index (κ2) is 8.55. The normalized spacial score (nSPS) is 28.6. The molecular formula is C14H19. The molecule has 1 aliphatic carbocycles. The van der Waals surface area contributed by atoms with Gasteiger partial charge in [-0.05, 0) is 38.5 Å². The molecular weight excluding hydrogens is 168 g/mol. The molecule has 0 bridgehead atoms. The zero-order chi connectivity index (χ0) is 9.90. The zero-order valence-corrected chi connectivity index (χ0v) is 8.73. The topological polar surface area (TPSA) is 0 Å². The predicted molar refractivity (Wildman–Crippen MR) is 63.9 cm³/mol. The van der Waals surface area contributed by atoms with Crippen molar-refractivity contribution in [2.45, 2.75) is 32.1 Å². The van der Waals surface area contributed by atoms with Crippen molar-refractivity contribution < 1.29 is 0 Å². The molecule has 0 nitrogen and oxygen atoms in total. The van der Waals surface area contributed by atoms with Gasteiger partial charge in [0.15, 0.2) is 0 Å². The van der Waals surface area contributed by atoms with E-state index in [1.807, 2.05) is 0 Å². The Morgan fingerprint density at radius 3 is 2.21 bits per heavy atom. The Morgan fingerprint density at radius 2 is 1.21 bits per heavy atom. The summed E-state index contributed by atoms with van der Waals surface area (Å²) in [6, 6.07) is 0. The van der Waals surface area contributed by atoms with Crippen molar-refractivity contribution >= 4 is 0 Å². The number of hydrogen-bond donors (Lipinski definition) is 0. The van der Waals surface area contributed by atoms with Crippen LogP contribution in [0.5, 0.6) is 0 Å². The van der Waals surface area contributed by atoms with Gasteiger partial charge in [0.05, 0.1) is 0 Å². The van der Waals surface area contributed by atoms with Gasteiger partial charge in [-0.15, -0.1) is 0 Å². The van der Waals surface area contributed by atoms with E-state index in [0.29, 0.717) is 0 Å². The van der Waals surface area contributed by atoms with Crippen molar-refractivity contribution in [3.63, 3.8) is 0 Å². The van der Waals surface area contributed by atoms with Crippen LogP contribution < -0.4 is 0 Å². The predicted octanol–water partition coefficient (Wildman–Crippen LogP) is 4.38. The van der Waals surface area contributed by atoms with Crippen LogP contribution in [0.2, 0.25) is 0 Å². The number of rotatable bonds is 0. The van der Waals surface area contributed by atoms with E-state index in [4.69, 9.17) is 0 Å². The maximum absolute atomic E-state index is 2.30. The van der Waals surface area contributed by atoms with Crippen LogP contribution >= 0.6 is 0 Å². The molecule has 0 aliphatic heterocycles. The average molecular weight is 187 g/mol. The van der Waals surface area contributed by atoms with Crippen molar-refractivity contribution in [2.75, 3.05) is 0 Å². The van der Waals surface area contributed by atoms with Crippen LogP contribution in [0.3, 0.4) is 0 Å². The summed E-state index contributed by atoms with van der Waals surface area (Å²) < 4.78 is 0. The van der Waals surface area contributed by atoms with Crippen LogP contribution in [0, 0.1) is 6.42 Å². The van der Waals surface area contributed by atoms with Gasteiger partial charge in [-0.2, -0.15) is 0 Å². The van der Waals surface area contributed by atoms with Crippen LogP contribution in [0.15, 0.2) is 48.6 Å². The molecule has 0 heterocycles. The summed E-state index contributed by atoms with van der Waals surface area (Å²) in [5.74, 6) is 0. The standard InChI is InChI=1S/C14H19/c1-2-4-6-8-10-12-14-13-11-9-7-5-3-1/h1-7,12,14H,8-11,13H2/b3-1-,4-2+,7-5+,14-12-. The molecule has 0 heteroatoms. The summed E-state index contributed by atoms with van der Waals surface area (Å²) in [6.45, 7) is 0. The molecule has 1 rings (SSSR count).